The van der Waals surface area contributed by atoms with Crippen LogP contribution < -0.4 is 22.7 Å². The predicted octanol–water partition coefficient (Wildman–Crippen LogP) is 1.77. The summed E-state index contributed by atoms with van der Waals surface area (Å²) in [5, 5.41) is 3.34. The van der Waals surface area contributed by atoms with Gasteiger partial charge < -0.3 is 17.7 Å². The van der Waals surface area contributed by atoms with Crippen LogP contribution >= 0.6 is 0 Å². The fourth-order valence-electron chi connectivity index (χ4n) is 3.28. The summed E-state index contributed by atoms with van der Waals surface area (Å²) in [7, 11) is 0. The van der Waals surface area contributed by atoms with Gasteiger partial charge in [-0.25, -0.2) is 4.99 Å². The number of hydrogen-bond acceptors (Lipinski definition) is 1. The third-order valence-corrected chi connectivity index (χ3v) is 4.38. The molecule has 0 saturated carbocycles. The predicted molar refractivity (Wildman–Crippen MR) is 112 cm³/mol. The van der Waals surface area contributed by atoms with Gasteiger partial charge in [0.2, 0.25) is 5.69 Å². The van der Waals surface area contributed by atoms with Crippen LogP contribution in [0.3, 0.4) is 0 Å². The van der Waals surface area contributed by atoms with Gasteiger partial charge in [0.15, 0.2) is 6.21 Å². The Morgan fingerprint density at radius 3 is 2.30 bits per heavy atom. The first-order valence-electron chi connectivity index (χ1n) is 9.13. The van der Waals surface area contributed by atoms with E-state index in [9.17, 15) is 0 Å². The monoisotopic (exact) mass is 378 g/mol. The Morgan fingerprint density at radius 2 is 1.59 bits per heavy atom. The zero-order chi connectivity index (χ0) is 18.2. The number of benzene rings is 2. The van der Waals surface area contributed by atoms with Gasteiger partial charge in [-0.05, 0) is 47.6 Å². The molecule has 3 rings (SSSR count). The van der Waals surface area contributed by atoms with Gasteiger partial charge in [0.25, 0.3) is 0 Å². The molecule has 1 aliphatic rings. The van der Waals surface area contributed by atoms with Gasteiger partial charge in [0.05, 0.1) is 0 Å². The van der Waals surface area contributed by atoms with E-state index in [1.165, 1.54) is 11.1 Å². The molecular formula is C24H27ClN2. The largest absolute Gasteiger partial charge is 1.00 e. The van der Waals surface area contributed by atoms with E-state index >= 15 is 0 Å². The molecule has 3 heteroatoms. The Kier molecular flexibility index (Phi) is 7.63. The maximum atomic E-state index is 3.34. The Labute approximate surface area is 168 Å². The zero-order valence-electron chi connectivity index (χ0n) is 16.0. The smallest absolute Gasteiger partial charge is 0.203 e. The maximum Gasteiger partial charge on any atom is 0.203 e. The van der Waals surface area contributed by atoms with Crippen molar-refractivity contribution in [1.29, 1.82) is 0 Å². The first kappa shape index (κ1) is 20.7. The molecule has 0 aromatic heterocycles. The molecule has 1 aliphatic carbocycles. The highest BCUT2D eigenvalue weighted by Crippen LogP contribution is 2.38. The summed E-state index contributed by atoms with van der Waals surface area (Å²) in [6.07, 6.45) is 12.9. The standard InChI is InChI=1S/C24H26N2.ClH/c1-24(2)18-20(13-15-25-22-9-5-3-6-10-22)17-21(19-24)14-16-26-23-11-7-4-8-12-23;/h3-17,25H,18-19H2,1-2H3;1H/b15-13+,21-14-,26-16?;. The molecule has 0 heterocycles. The van der Waals surface area contributed by atoms with E-state index in [1.807, 2.05) is 48.8 Å². The Morgan fingerprint density at radius 1 is 0.926 bits per heavy atom. The van der Waals surface area contributed by atoms with Crippen molar-refractivity contribution in [3.63, 3.8) is 0 Å². The van der Waals surface area contributed by atoms with Crippen LogP contribution in [0, 0.1) is 5.41 Å². The SMILES string of the molecule is CC1(C)CC(/C=C/Nc2ccccc2)=CC(=C/C=[NH+]c2ccccc2)/C1.[Cl-]. The minimum atomic E-state index is 0. The van der Waals surface area contributed by atoms with E-state index in [4.69, 9.17) is 0 Å². The van der Waals surface area contributed by atoms with Gasteiger partial charge in [-0.3, -0.25) is 0 Å². The fraction of sp³-hybridized carbons (Fsp3) is 0.208. The first-order chi connectivity index (χ1) is 12.6. The van der Waals surface area contributed by atoms with Gasteiger partial charge >= 0.3 is 0 Å². The topological polar surface area (TPSA) is 26.0 Å². The number of para-hydroxylation sites is 2. The van der Waals surface area contributed by atoms with Crippen molar-refractivity contribution in [2.75, 3.05) is 5.32 Å². The molecule has 0 bridgehead atoms. The first-order valence-corrected chi connectivity index (χ1v) is 9.13. The third kappa shape index (κ3) is 6.92. The van der Waals surface area contributed by atoms with Crippen molar-refractivity contribution in [2.45, 2.75) is 26.7 Å². The maximum absolute atomic E-state index is 3.34. The fourth-order valence-corrected chi connectivity index (χ4v) is 3.28. The third-order valence-electron chi connectivity index (χ3n) is 4.38. The van der Waals surface area contributed by atoms with Gasteiger partial charge in [0, 0.05) is 30.1 Å². The zero-order valence-corrected chi connectivity index (χ0v) is 16.7. The van der Waals surface area contributed by atoms with Crippen molar-refractivity contribution in [2.24, 2.45) is 5.41 Å². The molecule has 0 aliphatic heterocycles. The van der Waals surface area contributed by atoms with E-state index < -0.39 is 0 Å². The summed E-state index contributed by atoms with van der Waals surface area (Å²) >= 11 is 0. The van der Waals surface area contributed by atoms with Crippen LogP contribution in [0.25, 0.3) is 0 Å². The van der Waals surface area contributed by atoms with E-state index in [1.54, 1.807) is 0 Å². The molecule has 0 atom stereocenters. The quantitative estimate of drug-likeness (QED) is 0.762. The summed E-state index contributed by atoms with van der Waals surface area (Å²) in [6.45, 7) is 4.66. The minimum absolute atomic E-state index is 0. The number of rotatable bonds is 5. The molecule has 0 unspecified atom stereocenters. The number of nitrogens with one attached hydrogen (secondary N) is 2. The van der Waals surface area contributed by atoms with Crippen LogP contribution in [0.15, 0.2) is 96.2 Å². The summed E-state index contributed by atoms with van der Waals surface area (Å²) in [6, 6.07) is 20.5. The molecule has 2 nitrogen and oxygen atoms in total. The van der Waals surface area contributed by atoms with E-state index in [0.29, 0.717) is 0 Å². The second-order valence-electron chi connectivity index (χ2n) is 7.50. The Hall–Kier alpha value is -2.58. The summed E-state index contributed by atoms with van der Waals surface area (Å²) in [5.74, 6) is 0. The van der Waals surface area contributed by atoms with Gasteiger partial charge in [-0.1, -0.05) is 56.3 Å². The van der Waals surface area contributed by atoms with Gasteiger partial charge in [-0.15, -0.1) is 0 Å². The molecular weight excluding hydrogens is 352 g/mol. The van der Waals surface area contributed by atoms with Crippen LogP contribution in [-0.4, -0.2) is 6.21 Å². The summed E-state index contributed by atoms with van der Waals surface area (Å²) in [4.78, 5) is 3.34. The van der Waals surface area contributed by atoms with Gasteiger partial charge in [0.1, 0.15) is 0 Å². The highest BCUT2D eigenvalue weighted by molar-refractivity contribution is 5.69. The minimum Gasteiger partial charge on any atom is -1.00 e. The average molecular weight is 379 g/mol. The lowest BCUT2D eigenvalue weighted by Crippen LogP contribution is -3.00. The van der Waals surface area contributed by atoms with Crippen molar-refractivity contribution < 1.29 is 17.4 Å². The van der Waals surface area contributed by atoms with E-state index in [0.717, 1.165) is 24.2 Å². The number of halogens is 1. The molecule has 140 valence electrons. The Bertz CT molecular complexity index is 831. The summed E-state index contributed by atoms with van der Waals surface area (Å²) in [5.41, 5.74) is 5.19. The van der Waals surface area contributed by atoms with Crippen molar-refractivity contribution in [3.8, 4) is 0 Å². The number of anilines is 1. The molecule has 27 heavy (non-hydrogen) atoms. The Balaban J connectivity index is 0.00000261. The lowest BCUT2D eigenvalue weighted by molar-refractivity contribution is -0.346. The van der Waals surface area contributed by atoms with E-state index in [2.05, 4.69) is 66.7 Å². The van der Waals surface area contributed by atoms with Gasteiger partial charge in [-0.2, -0.15) is 0 Å². The molecule has 0 spiro atoms. The van der Waals surface area contributed by atoms with Crippen LogP contribution in [-0.2, 0) is 0 Å². The lowest BCUT2D eigenvalue weighted by Gasteiger charge is -2.30. The van der Waals surface area contributed by atoms with Crippen LogP contribution in [0.1, 0.15) is 26.7 Å². The average Bonchev–Trinajstić information content (AvgIpc) is 2.62. The highest BCUT2D eigenvalue weighted by atomic mass is 35.5. The highest BCUT2D eigenvalue weighted by Gasteiger charge is 2.24. The van der Waals surface area contributed by atoms with Crippen molar-refractivity contribution in [1.82, 2.24) is 0 Å². The molecule has 0 amide bonds. The second-order valence-corrected chi connectivity index (χ2v) is 7.50. The summed E-state index contributed by atoms with van der Waals surface area (Å²) < 4.78 is 0. The number of allylic oxidation sites excluding steroid dienone is 5. The molecule has 0 radical (unpaired) electrons. The molecule has 2 aromatic carbocycles. The second kappa shape index (κ2) is 9.94. The van der Waals surface area contributed by atoms with Crippen molar-refractivity contribution >= 4 is 17.6 Å². The van der Waals surface area contributed by atoms with Crippen LogP contribution in [0.2, 0.25) is 0 Å². The molecule has 0 fully saturated rings. The van der Waals surface area contributed by atoms with Crippen LogP contribution in [0.4, 0.5) is 11.4 Å². The lowest BCUT2D eigenvalue weighted by atomic mass is 9.75. The van der Waals surface area contributed by atoms with Crippen molar-refractivity contribution in [3.05, 3.63) is 96.2 Å². The molecule has 2 N–H and O–H groups in total. The van der Waals surface area contributed by atoms with Crippen LogP contribution in [0.5, 0.6) is 0 Å². The molecule has 2 aromatic rings. The normalized spacial score (nSPS) is 17.7. The molecule has 0 saturated heterocycles. The number of hydrogen-bond donors (Lipinski definition) is 2. The van der Waals surface area contributed by atoms with E-state index in [-0.39, 0.29) is 17.8 Å².